The minimum absolute atomic E-state index is 0.0213. The molecule has 4 atom stereocenters. The minimum atomic E-state index is -0.527. The van der Waals surface area contributed by atoms with E-state index in [2.05, 4.69) is 39.0 Å². The molecule has 0 radical (unpaired) electrons. The summed E-state index contributed by atoms with van der Waals surface area (Å²) in [6, 6.07) is 16.4. The molecular formula is C24H30O4. The van der Waals surface area contributed by atoms with Crippen LogP contribution in [0.25, 0.3) is 0 Å². The molecule has 4 unspecified atom stereocenters. The molecule has 2 heterocycles. The van der Waals surface area contributed by atoms with Gasteiger partial charge in [0.1, 0.15) is 0 Å². The van der Waals surface area contributed by atoms with Crippen molar-refractivity contribution in [2.24, 2.45) is 5.41 Å². The first-order valence-corrected chi connectivity index (χ1v) is 9.95. The van der Waals surface area contributed by atoms with Gasteiger partial charge in [0, 0.05) is 16.7 Å². The summed E-state index contributed by atoms with van der Waals surface area (Å²) in [4.78, 5) is 0. The van der Waals surface area contributed by atoms with Gasteiger partial charge in [-0.15, -0.1) is 0 Å². The topological polar surface area (TPSA) is 36.9 Å². The van der Waals surface area contributed by atoms with E-state index >= 15 is 0 Å². The second-order valence-electron chi connectivity index (χ2n) is 9.64. The van der Waals surface area contributed by atoms with Gasteiger partial charge in [0.15, 0.2) is 18.9 Å². The van der Waals surface area contributed by atoms with Gasteiger partial charge in [0.2, 0.25) is 0 Å². The number of benzene rings is 2. The van der Waals surface area contributed by atoms with Crippen LogP contribution in [0, 0.1) is 5.41 Å². The van der Waals surface area contributed by atoms with Crippen molar-refractivity contribution in [3.63, 3.8) is 0 Å². The molecule has 2 aliphatic heterocycles. The average Bonchev–Trinajstić information content (AvgIpc) is 3.14. The highest BCUT2D eigenvalue weighted by molar-refractivity contribution is 5.36. The summed E-state index contributed by atoms with van der Waals surface area (Å²) in [6.45, 7) is 12.6. The van der Waals surface area contributed by atoms with Crippen LogP contribution in [0.5, 0.6) is 0 Å². The fraction of sp³-hybridized carbons (Fsp3) is 0.500. The van der Waals surface area contributed by atoms with E-state index in [9.17, 15) is 0 Å². The van der Waals surface area contributed by atoms with Gasteiger partial charge in [-0.25, -0.2) is 0 Å². The second-order valence-corrected chi connectivity index (χ2v) is 9.64. The van der Waals surface area contributed by atoms with E-state index < -0.39 is 18.9 Å². The molecule has 4 nitrogen and oxygen atoms in total. The molecule has 0 fully saturated rings. The monoisotopic (exact) mass is 382 g/mol. The molecule has 0 aliphatic carbocycles. The Balaban J connectivity index is 1.60. The van der Waals surface area contributed by atoms with Crippen molar-refractivity contribution >= 4 is 0 Å². The zero-order chi connectivity index (χ0) is 20.1. The van der Waals surface area contributed by atoms with Crippen LogP contribution in [-0.2, 0) is 18.9 Å². The molecule has 4 rings (SSSR count). The number of rotatable bonds is 3. The van der Waals surface area contributed by atoms with E-state index in [4.69, 9.17) is 18.9 Å². The third kappa shape index (κ3) is 3.74. The second kappa shape index (κ2) is 6.96. The van der Waals surface area contributed by atoms with E-state index in [1.54, 1.807) is 0 Å². The number of fused-ring (bicyclic) bond motifs is 2. The van der Waals surface area contributed by atoms with E-state index in [-0.39, 0.29) is 17.1 Å². The molecule has 4 heteroatoms. The molecule has 0 bridgehead atoms. The van der Waals surface area contributed by atoms with Crippen LogP contribution < -0.4 is 0 Å². The Morgan fingerprint density at radius 1 is 0.643 bits per heavy atom. The normalized spacial score (nSPS) is 26.9. The lowest BCUT2D eigenvalue weighted by Gasteiger charge is -2.28. The quantitative estimate of drug-likeness (QED) is 0.619. The highest BCUT2D eigenvalue weighted by Gasteiger charge is 2.43. The molecule has 28 heavy (non-hydrogen) atoms. The van der Waals surface area contributed by atoms with Crippen LogP contribution in [-0.4, -0.2) is 5.60 Å². The van der Waals surface area contributed by atoms with Crippen LogP contribution in [0.4, 0.5) is 0 Å². The van der Waals surface area contributed by atoms with Gasteiger partial charge < -0.3 is 18.9 Å². The van der Waals surface area contributed by atoms with E-state index in [1.807, 2.05) is 51.1 Å². The Bertz CT molecular complexity index is 846. The fourth-order valence-corrected chi connectivity index (χ4v) is 3.84. The number of hydrogen-bond acceptors (Lipinski definition) is 4. The Kier molecular flexibility index (Phi) is 4.87. The van der Waals surface area contributed by atoms with Crippen LogP contribution in [0.15, 0.2) is 48.5 Å². The summed E-state index contributed by atoms with van der Waals surface area (Å²) in [7, 11) is 0. The summed E-state index contributed by atoms with van der Waals surface area (Å²) in [5.41, 5.74) is 3.93. The highest BCUT2D eigenvalue weighted by atomic mass is 16.8. The van der Waals surface area contributed by atoms with Crippen molar-refractivity contribution in [3.05, 3.63) is 70.8 Å². The fourth-order valence-electron chi connectivity index (χ4n) is 3.84. The number of ether oxygens (including phenoxy) is 4. The SMILES string of the molecule is CC(C)(C)OC1OC(OC2OC(C(C)(C)C)c3ccccc32)c2ccccc21. The third-order valence-electron chi connectivity index (χ3n) is 5.04. The van der Waals surface area contributed by atoms with Crippen molar-refractivity contribution in [2.45, 2.75) is 72.1 Å². The smallest absolute Gasteiger partial charge is 0.191 e. The highest BCUT2D eigenvalue weighted by Crippen LogP contribution is 2.51. The van der Waals surface area contributed by atoms with Crippen molar-refractivity contribution in [1.29, 1.82) is 0 Å². The van der Waals surface area contributed by atoms with Crippen molar-refractivity contribution in [3.8, 4) is 0 Å². The standard InChI is InChI=1S/C24H30O4/c1-23(2,3)19-15-11-7-8-12-16(15)20(25-19)26-21-17-13-9-10-14-18(17)22(27-21)28-24(4,5)6/h7-14,19-22H,1-6H3. The molecule has 2 aromatic carbocycles. The lowest BCUT2D eigenvalue weighted by molar-refractivity contribution is -0.309. The minimum Gasteiger partial charge on any atom is -0.343 e. The van der Waals surface area contributed by atoms with Gasteiger partial charge >= 0.3 is 0 Å². The van der Waals surface area contributed by atoms with E-state index in [0.717, 1.165) is 16.7 Å². The predicted octanol–water partition coefficient (Wildman–Crippen LogP) is 6.36. The van der Waals surface area contributed by atoms with Gasteiger partial charge in [0.25, 0.3) is 0 Å². The van der Waals surface area contributed by atoms with Crippen molar-refractivity contribution in [2.75, 3.05) is 0 Å². The first-order valence-electron chi connectivity index (χ1n) is 9.95. The Morgan fingerprint density at radius 3 is 1.64 bits per heavy atom. The predicted molar refractivity (Wildman–Crippen MR) is 107 cm³/mol. The van der Waals surface area contributed by atoms with E-state index in [1.165, 1.54) is 5.56 Å². The van der Waals surface area contributed by atoms with E-state index in [0.29, 0.717) is 0 Å². The Morgan fingerprint density at radius 2 is 1.11 bits per heavy atom. The zero-order valence-corrected chi connectivity index (χ0v) is 17.6. The Labute approximate surface area is 167 Å². The maximum atomic E-state index is 6.37. The van der Waals surface area contributed by atoms with Crippen LogP contribution >= 0.6 is 0 Å². The molecule has 2 aliphatic rings. The maximum Gasteiger partial charge on any atom is 0.191 e. The summed E-state index contributed by atoms with van der Waals surface area (Å²) in [5.74, 6) is 0. The molecule has 150 valence electrons. The number of hydrogen-bond donors (Lipinski definition) is 0. The summed E-state index contributed by atoms with van der Waals surface area (Å²) < 4.78 is 25.0. The molecule has 2 aromatic rings. The lowest BCUT2D eigenvalue weighted by Crippen LogP contribution is -2.23. The van der Waals surface area contributed by atoms with Crippen molar-refractivity contribution in [1.82, 2.24) is 0 Å². The first kappa shape index (κ1) is 19.6. The molecule has 0 spiro atoms. The zero-order valence-electron chi connectivity index (χ0n) is 17.6. The maximum absolute atomic E-state index is 6.37. The molecular weight excluding hydrogens is 352 g/mol. The van der Waals surface area contributed by atoms with Crippen molar-refractivity contribution < 1.29 is 18.9 Å². The third-order valence-corrected chi connectivity index (χ3v) is 5.04. The van der Waals surface area contributed by atoms with Crippen LogP contribution in [0.2, 0.25) is 0 Å². The van der Waals surface area contributed by atoms with Crippen LogP contribution in [0.1, 0.15) is 88.8 Å². The molecule has 0 aromatic heterocycles. The average molecular weight is 383 g/mol. The van der Waals surface area contributed by atoms with Gasteiger partial charge in [0.05, 0.1) is 11.7 Å². The van der Waals surface area contributed by atoms with Gasteiger partial charge in [-0.3, -0.25) is 0 Å². The molecule has 0 amide bonds. The first-order chi connectivity index (χ1) is 13.1. The van der Waals surface area contributed by atoms with Gasteiger partial charge in [-0.05, 0) is 31.7 Å². The molecule has 0 saturated heterocycles. The summed E-state index contributed by atoms with van der Waals surface area (Å²) >= 11 is 0. The Hall–Kier alpha value is -1.72. The molecule has 0 N–H and O–H groups in total. The largest absolute Gasteiger partial charge is 0.343 e. The molecule has 0 saturated carbocycles. The lowest BCUT2D eigenvalue weighted by atomic mass is 9.84. The van der Waals surface area contributed by atoms with Gasteiger partial charge in [-0.1, -0.05) is 69.3 Å². The summed E-state index contributed by atoms with van der Waals surface area (Å²) in [5, 5.41) is 0. The summed E-state index contributed by atoms with van der Waals surface area (Å²) in [6.07, 6.45) is -1.46. The van der Waals surface area contributed by atoms with Crippen LogP contribution in [0.3, 0.4) is 0 Å². The van der Waals surface area contributed by atoms with Gasteiger partial charge in [-0.2, -0.15) is 0 Å².